The Labute approximate surface area is 204 Å². The summed E-state index contributed by atoms with van der Waals surface area (Å²) in [5, 5.41) is 0. The zero-order valence-corrected chi connectivity index (χ0v) is 21.0. The van der Waals surface area contributed by atoms with Crippen LogP contribution in [-0.4, -0.2) is 70.0 Å². The standard InChI is InChI=1S/C24H29N5O5S/c1-24(2,3)34-23(30)28-11-9-18(10-12-28)33-22-13-21(25-15-26-22)29-14-20(27-16-29)17-5-7-19(8-6-17)35(4,31)32/h5-8,13-16,18H,9-12H2,1-4H3. The van der Waals surface area contributed by atoms with E-state index in [-0.39, 0.29) is 17.1 Å². The maximum atomic E-state index is 12.3. The van der Waals surface area contributed by atoms with Crippen molar-refractivity contribution in [1.29, 1.82) is 0 Å². The topological polar surface area (TPSA) is 117 Å². The maximum Gasteiger partial charge on any atom is 0.410 e. The van der Waals surface area contributed by atoms with E-state index in [0.717, 1.165) is 5.56 Å². The highest BCUT2D eigenvalue weighted by atomic mass is 32.2. The number of hydrogen-bond donors (Lipinski definition) is 0. The number of likely N-dealkylation sites (tertiary alicyclic amines) is 1. The largest absolute Gasteiger partial charge is 0.474 e. The van der Waals surface area contributed by atoms with Crippen molar-refractivity contribution in [2.75, 3.05) is 19.3 Å². The molecule has 0 unspecified atom stereocenters. The first-order chi connectivity index (χ1) is 16.5. The highest BCUT2D eigenvalue weighted by Crippen LogP contribution is 2.23. The van der Waals surface area contributed by atoms with Gasteiger partial charge in [0.25, 0.3) is 0 Å². The minimum Gasteiger partial charge on any atom is -0.474 e. The van der Waals surface area contributed by atoms with E-state index in [2.05, 4.69) is 15.0 Å². The van der Waals surface area contributed by atoms with Crippen molar-refractivity contribution in [1.82, 2.24) is 24.4 Å². The molecule has 1 aromatic carbocycles. The summed E-state index contributed by atoms with van der Waals surface area (Å²) in [7, 11) is -3.25. The number of piperidine rings is 1. The number of ether oxygens (including phenoxy) is 2. The van der Waals surface area contributed by atoms with Crippen LogP contribution in [0.3, 0.4) is 0 Å². The smallest absolute Gasteiger partial charge is 0.410 e. The molecule has 1 fully saturated rings. The molecular weight excluding hydrogens is 470 g/mol. The number of benzene rings is 1. The fraction of sp³-hybridized carbons (Fsp3) is 0.417. The van der Waals surface area contributed by atoms with Gasteiger partial charge in [0.2, 0.25) is 5.88 Å². The van der Waals surface area contributed by atoms with E-state index in [0.29, 0.717) is 43.3 Å². The molecule has 0 radical (unpaired) electrons. The minimum atomic E-state index is -3.25. The maximum absolute atomic E-state index is 12.3. The second-order valence-electron chi connectivity index (χ2n) is 9.46. The Morgan fingerprint density at radius 2 is 1.74 bits per heavy atom. The number of carbonyl (C=O) groups excluding carboxylic acids is 1. The van der Waals surface area contributed by atoms with Crippen LogP contribution in [0.15, 0.2) is 54.1 Å². The third-order valence-electron chi connectivity index (χ3n) is 5.43. The Hall–Kier alpha value is -3.47. The molecule has 1 aliphatic rings. The van der Waals surface area contributed by atoms with Crippen molar-refractivity contribution in [2.45, 2.75) is 50.2 Å². The third kappa shape index (κ3) is 6.36. The normalized spacial score (nSPS) is 15.1. The minimum absolute atomic E-state index is 0.0665. The van der Waals surface area contributed by atoms with Gasteiger partial charge in [0, 0.05) is 50.0 Å². The monoisotopic (exact) mass is 499 g/mol. The van der Waals surface area contributed by atoms with Gasteiger partial charge in [0.15, 0.2) is 9.84 Å². The van der Waals surface area contributed by atoms with Gasteiger partial charge in [-0.1, -0.05) is 12.1 Å². The van der Waals surface area contributed by atoms with Gasteiger partial charge < -0.3 is 14.4 Å². The average Bonchev–Trinajstić information content (AvgIpc) is 3.29. The Kier molecular flexibility index (Phi) is 6.79. The Balaban J connectivity index is 1.39. The van der Waals surface area contributed by atoms with Crippen LogP contribution in [0.4, 0.5) is 4.79 Å². The van der Waals surface area contributed by atoms with Crippen LogP contribution in [0, 0.1) is 0 Å². The molecule has 1 aliphatic heterocycles. The molecule has 0 N–H and O–H groups in total. The summed E-state index contributed by atoms with van der Waals surface area (Å²) in [5.41, 5.74) is 0.952. The summed E-state index contributed by atoms with van der Waals surface area (Å²) < 4.78 is 36.6. The zero-order valence-electron chi connectivity index (χ0n) is 20.2. The number of carbonyl (C=O) groups is 1. The Morgan fingerprint density at radius 3 is 2.37 bits per heavy atom. The molecule has 0 aliphatic carbocycles. The fourth-order valence-corrected chi connectivity index (χ4v) is 4.29. The van der Waals surface area contributed by atoms with Crippen molar-refractivity contribution in [3.8, 4) is 23.0 Å². The second-order valence-corrected chi connectivity index (χ2v) is 11.5. The van der Waals surface area contributed by atoms with E-state index in [1.54, 1.807) is 52.3 Å². The van der Waals surface area contributed by atoms with Gasteiger partial charge in [-0.25, -0.2) is 28.2 Å². The molecule has 10 nitrogen and oxygen atoms in total. The molecule has 11 heteroatoms. The van der Waals surface area contributed by atoms with Crippen molar-refractivity contribution in [2.24, 2.45) is 0 Å². The van der Waals surface area contributed by atoms with Crippen molar-refractivity contribution in [3.63, 3.8) is 0 Å². The summed E-state index contributed by atoms with van der Waals surface area (Å²) in [6.45, 7) is 6.67. The first-order valence-corrected chi connectivity index (χ1v) is 13.2. The number of aromatic nitrogens is 4. The predicted octanol–water partition coefficient (Wildman–Crippen LogP) is 3.51. The highest BCUT2D eigenvalue weighted by molar-refractivity contribution is 7.90. The van der Waals surface area contributed by atoms with Gasteiger partial charge in [0.1, 0.15) is 30.2 Å². The summed E-state index contributed by atoms with van der Waals surface area (Å²) >= 11 is 0. The van der Waals surface area contributed by atoms with Crippen molar-refractivity contribution in [3.05, 3.63) is 49.2 Å². The van der Waals surface area contributed by atoms with E-state index >= 15 is 0 Å². The Bertz CT molecular complexity index is 1290. The quantitative estimate of drug-likeness (QED) is 0.524. The number of hydrogen-bond acceptors (Lipinski definition) is 8. The van der Waals surface area contributed by atoms with Gasteiger partial charge in [-0.05, 0) is 32.9 Å². The van der Waals surface area contributed by atoms with E-state index < -0.39 is 15.4 Å². The number of imidazole rings is 1. The SMILES string of the molecule is CC(C)(C)OC(=O)N1CCC(Oc2cc(-n3cnc(-c4ccc(S(C)(=O)=O)cc4)c3)ncn2)CC1. The molecule has 3 aromatic rings. The van der Waals surface area contributed by atoms with Crippen molar-refractivity contribution >= 4 is 15.9 Å². The van der Waals surface area contributed by atoms with E-state index in [9.17, 15) is 13.2 Å². The van der Waals surface area contributed by atoms with Crippen LogP contribution in [0.25, 0.3) is 17.1 Å². The van der Waals surface area contributed by atoms with Crippen LogP contribution in [-0.2, 0) is 14.6 Å². The predicted molar refractivity (Wildman–Crippen MR) is 129 cm³/mol. The lowest BCUT2D eigenvalue weighted by molar-refractivity contribution is 0.0123. The summed E-state index contributed by atoms with van der Waals surface area (Å²) in [6, 6.07) is 8.31. The molecule has 0 bridgehead atoms. The van der Waals surface area contributed by atoms with E-state index in [1.165, 1.54) is 12.6 Å². The van der Waals surface area contributed by atoms with Gasteiger partial charge in [-0.3, -0.25) is 4.57 Å². The summed E-state index contributed by atoms with van der Waals surface area (Å²) in [6.07, 6.45) is 7.03. The van der Waals surface area contributed by atoms with Crippen LogP contribution in [0.1, 0.15) is 33.6 Å². The van der Waals surface area contributed by atoms with Gasteiger partial charge in [-0.2, -0.15) is 0 Å². The molecule has 35 heavy (non-hydrogen) atoms. The molecule has 0 atom stereocenters. The van der Waals surface area contributed by atoms with Crippen molar-refractivity contribution < 1.29 is 22.7 Å². The molecule has 2 aromatic heterocycles. The molecule has 1 saturated heterocycles. The summed E-state index contributed by atoms with van der Waals surface area (Å²) in [4.78, 5) is 27.2. The lowest BCUT2D eigenvalue weighted by Crippen LogP contribution is -2.44. The molecule has 186 valence electrons. The van der Waals surface area contributed by atoms with E-state index in [1.807, 2.05) is 20.8 Å². The number of rotatable bonds is 5. The molecular formula is C24H29N5O5S. The third-order valence-corrected chi connectivity index (χ3v) is 6.56. The van der Waals surface area contributed by atoms with Crippen LogP contribution in [0.2, 0.25) is 0 Å². The van der Waals surface area contributed by atoms with Gasteiger partial charge >= 0.3 is 6.09 Å². The first-order valence-electron chi connectivity index (χ1n) is 11.3. The lowest BCUT2D eigenvalue weighted by Gasteiger charge is -2.33. The highest BCUT2D eigenvalue weighted by Gasteiger charge is 2.28. The summed E-state index contributed by atoms with van der Waals surface area (Å²) in [5.74, 6) is 1.03. The number of nitrogens with zero attached hydrogens (tertiary/aromatic N) is 5. The first kappa shape index (κ1) is 24.6. The fourth-order valence-electron chi connectivity index (χ4n) is 3.66. The average molecular weight is 500 g/mol. The number of amides is 1. The lowest BCUT2D eigenvalue weighted by atomic mass is 10.1. The van der Waals surface area contributed by atoms with Crippen LogP contribution in [0.5, 0.6) is 5.88 Å². The van der Waals surface area contributed by atoms with E-state index in [4.69, 9.17) is 9.47 Å². The Morgan fingerprint density at radius 1 is 1.06 bits per heavy atom. The van der Waals surface area contributed by atoms with Gasteiger partial charge in [0.05, 0.1) is 10.6 Å². The second kappa shape index (κ2) is 9.65. The van der Waals surface area contributed by atoms with Crippen LogP contribution < -0.4 is 4.74 Å². The molecule has 0 spiro atoms. The zero-order chi connectivity index (χ0) is 25.2. The van der Waals surface area contributed by atoms with Gasteiger partial charge in [-0.15, -0.1) is 0 Å². The number of sulfone groups is 1. The molecule has 1 amide bonds. The molecule has 0 saturated carbocycles. The molecule has 3 heterocycles. The van der Waals surface area contributed by atoms with Crippen LogP contribution >= 0.6 is 0 Å². The molecule has 4 rings (SSSR count).